The van der Waals surface area contributed by atoms with Crippen molar-refractivity contribution in [3.05, 3.63) is 41.5 Å². The third kappa shape index (κ3) is 1.52. The summed E-state index contributed by atoms with van der Waals surface area (Å²) in [7, 11) is 0. The lowest BCUT2D eigenvalue weighted by Gasteiger charge is -2.53. The molecule has 1 aromatic carbocycles. The molecule has 0 amide bonds. The molecule has 0 spiro atoms. The van der Waals surface area contributed by atoms with Crippen molar-refractivity contribution in [3.63, 3.8) is 0 Å². The van der Waals surface area contributed by atoms with Crippen molar-refractivity contribution in [1.82, 2.24) is 0 Å². The summed E-state index contributed by atoms with van der Waals surface area (Å²) < 4.78 is 0. The van der Waals surface area contributed by atoms with Gasteiger partial charge in [0.2, 0.25) is 0 Å². The van der Waals surface area contributed by atoms with E-state index in [1.807, 2.05) is 0 Å². The van der Waals surface area contributed by atoms with Gasteiger partial charge in [-0.05, 0) is 36.2 Å². The fourth-order valence-electron chi connectivity index (χ4n) is 3.50. The van der Waals surface area contributed by atoms with Crippen molar-refractivity contribution in [2.75, 3.05) is 0 Å². The van der Waals surface area contributed by atoms with Crippen molar-refractivity contribution < 1.29 is 0 Å². The molecule has 16 heavy (non-hydrogen) atoms. The molecule has 2 saturated carbocycles. The van der Waals surface area contributed by atoms with E-state index >= 15 is 0 Å². The van der Waals surface area contributed by atoms with Gasteiger partial charge in [0.1, 0.15) is 0 Å². The Morgan fingerprint density at radius 3 is 2.75 bits per heavy atom. The summed E-state index contributed by atoms with van der Waals surface area (Å²) in [4.78, 5) is 0. The molecule has 3 rings (SSSR count). The molecule has 2 unspecified atom stereocenters. The summed E-state index contributed by atoms with van der Waals surface area (Å²) >= 11 is 0. The van der Waals surface area contributed by atoms with Crippen LogP contribution in [0, 0.1) is 11.3 Å². The lowest BCUT2D eigenvalue weighted by molar-refractivity contribution is 0.0843. The van der Waals surface area contributed by atoms with Gasteiger partial charge in [-0.3, -0.25) is 0 Å². The largest absolute Gasteiger partial charge is 0.0631 e. The lowest BCUT2D eigenvalue weighted by atomic mass is 9.51. The number of rotatable bonds is 1. The van der Waals surface area contributed by atoms with E-state index < -0.39 is 0 Å². The van der Waals surface area contributed by atoms with Gasteiger partial charge in [-0.15, -0.1) is 0 Å². The number of fused-ring (bicyclic) bond motifs is 1. The molecule has 0 saturated heterocycles. The van der Waals surface area contributed by atoms with Crippen LogP contribution in [0.4, 0.5) is 0 Å². The first-order valence-electron chi connectivity index (χ1n) is 6.55. The van der Waals surface area contributed by atoms with Crippen LogP contribution in [-0.2, 0) is 0 Å². The van der Waals surface area contributed by atoms with Crippen LogP contribution in [0.2, 0.25) is 0 Å². The second-order valence-corrected chi connectivity index (χ2v) is 5.64. The van der Waals surface area contributed by atoms with Crippen LogP contribution in [0.25, 0.3) is 6.08 Å². The van der Waals surface area contributed by atoms with E-state index in [1.165, 1.54) is 37.7 Å². The Bertz CT molecular complexity index is 401. The second kappa shape index (κ2) is 3.76. The average molecular weight is 212 g/mol. The molecule has 0 aromatic heterocycles. The molecule has 2 aliphatic rings. The molecule has 0 nitrogen and oxygen atoms in total. The Morgan fingerprint density at radius 1 is 1.19 bits per heavy atom. The van der Waals surface area contributed by atoms with Crippen LogP contribution in [0.15, 0.2) is 35.9 Å². The van der Waals surface area contributed by atoms with Crippen LogP contribution in [0.1, 0.15) is 44.6 Å². The molecule has 2 fully saturated rings. The van der Waals surface area contributed by atoms with Crippen molar-refractivity contribution in [1.29, 1.82) is 0 Å². The number of allylic oxidation sites excluding steroid dienone is 1. The zero-order chi connectivity index (χ0) is 11.0. The number of hydrogen-bond acceptors (Lipinski definition) is 0. The highest BCUT2D eigenvalue weighted by Gasteiger charge is 2.47. The second-order valence-electron chi connectivity index (χ2n) is 5.64. The Labute approximate surface area is 98.4 Å². The van der Waals surface area contributed by atoms with E-state index in [2.05, 4.69) is 43.3 Å². The van der Waals surface area contributed by atoms with Crippen molar-refractivity contribution in [3.8, 4) is 0 Å². The first kappa shape index (κ1) is 10.1. The minimum absolute atomic E-state index is 0.550. The molecule has 2 atom stereocenters. The van der Waals surface area contributed by atoms with Gasteiger partial charge in [-0.2, -0.15) is 0 Å². The summed E-state index contributed by atoms with van der Waals surface area (Å²) in [5.41, 5.74) is 3.62. The third-order valence-corrected chi connectivity index (χ3v) is 4.74. The smallest absolute Gasteiger partial charge is 0.00816 e. The number of hydrogen-bond donors (Lipinski definition) is 0. The zero-order valence-corrected chi connectivity index (χ0v) is 10.1. The Morgan fingerprint density at radius 2 is 2.00 bits per heavy atom. The third-order valence-electron chi connectivity index (χ3n) is 4.74. The summed E-state index contributed by atoms with van der Waals surface area (Å²) in [6, 6.07) is 10.8. The van der Waals surface area contributed by atoms with Crippen molar-refractivity contribution >= 4 is 6.08 Å². The molecule has 0 heterocycles. The topological polar surface area (TPSA) is 0 Å². The molecule has 0 bridgehead atoms. The van der Waals surface area contributed by atoms with Crippen LogP contribution in [0.3, 0.4) is 0 Å². The van der Waals surface area contributed by atoms with Gasteiger partial charge in [-0.1, -0.05) is 61.7 Å². The van der Waals surface area contributed by atoms with E-state index in [-0.39, 0.29) is 0 Å². The quantitative estimate of drug-likeness (QED) is 0.634. The highest BCUT2D eigenvalue weighted by atomic mass is 14.5. The van der Waals surface area contributed by atoms with Crippen molar-refractivity contribution in [2.24, 2.45) is 11.3 Å². The summed E-state index contributed by atoms with van der Waals surface area (Å²) in [6.07, 6.45) is 9.55. The van der Waals surface area contributed by atoms with Gasteiger partial charge >= 0.3 is 0 Å². The summed E-state index contributed by atoms with van der Waals surface area (Å²) in [6.45, 7) is 2.48. The van der Waals surface area contributed by atoms with E-state index in [0.717, 1.165) is 5.92 Å². The van der Waals surface area contributed by atoms with E-state index in [1.54, 1.807) is 5.57 Å². The van der Waals surface area contributed by atoms with Crippen LogP contribution >= 0.6 is 0 Å². The molecule has 2 aliphatic carbocycles. The average Bonchev–Trinajstić information content (AvgIpc) is 2.31. The molecule has 1 aromatic rings. The molecular weight excluding hydrogens is 192 g/mol. The Balaban J connectivity index is 1.85. The van der Waals surface area contributed by atoms with Gasteiger partial charge in [0.25, 0.3) is 0 Å². The molecule has 0 heteroatoms. The van der Waals surface area contributed by atoms with E-state index in [4.69, 9.17) is 0 Å². The predicted octanol–water partition coefficient (Wildman–Crippen LogP) is 4.67. The maximum absolute atomic E-state index is 2.48. The minimum atomic E-state index is 0.550. The van der Waals surface area contributed by atoms with Crippen LogP contribution in [-0.4, -0.2) is 0 Å². The Hall–Kier alpha value is -1.04. The first-order valence-corrected chi connectivity index (χ1v) is 6.55. The monoisotopic (exact) mass is 212 g/mol. The fraction of sp³-hybridized carbons (Fsp3) is 0.500. The first-order chi connectivity index (χ1) is 7.79. The SMILES string of the molecule is CC12CCCCC1C/C2=C\c1ccccc1. The van der Waals surface area contributed by atoms with Crippen molar-refractivity contribution in [2.45, 2.75) is 39.0 Å². The normalized spacial score (nSPS) is 35.6. The van der Waals surface area contributed by atoms with Gasteiger partial charge in [0, 0.05) is 0 Å². The van der Waals surface area contributed by atoms with Gasteiger partial charge in [-0.25, -0.2) is 0 Å². The predicted molar refractivity (Wildman–Crippen MR) is 69.1 cm³/mol. The highest BCUT2D eigenvalue weighted by molar-refractivity contribution is 5.56. The lowest BCUT2D eigenvalue weighted by Crippen LogP contribution is -2.42. The summed E-state index contributed by atoms with van der Waals surface area (Å²) in [5, 5.41) is 0. The molecule has 0 N–H and O–H groups in total. The standard InChI is InChI=1S/C16H20/c1-16-10-6-5-9-14(16)12-15(16)11-13-7-3-2-4-8-13/h2-4,7-8,11,14H,5-6,9-10,12H2,1H3/b15-11+. The van der Waals surface area contributed by atoms with E-state index in [9.17, 15) is 0 Å². The minimum Gasteiger partial charge on any atom is -0.0631 e. The van der Waals surface area contributed by atoms with E-state index in [0.29, 0.717) is 5.41 Å². The highest BCUT2D eigenvalue weighted by Crippen LogP contribution is 2.59. The maximum Gasteiger partial charge on any atom is -0.00816 e. The number of benzene rings is 1. The molecule has 0 aliphatic heterocycles. The summed E-state index contributed by atoms with van der Waals surface area (Å²) in [5.74, 6) is 0.983. The maximum atomic E-state index is 2.48. The van der Waals surface area contributed by atoms with Gasteiger partial charge < -0.3 is 0 Å². The van der Waals surface area contributed by atoms with Gasteiger partial charge in [0.05, 0.1) is 0 Å². The molecule has 84 valence electrons. The zero-order valence-electron chi connectivity index (χ0n) is 10.1. The molecule has 0 radical (unpaired) electrons. The van der Waals surface area contributed by atoms with Crippen LogP contribution < -0.4 is 0 Å². The Kier molecular flexibility index (Phi) is 2.38. The molecular formula is C16H20. The van der Waals surface area contributed by atoms with Crippen LogP contribution in [0.5, 0.6) is 0 Å². The van der Waals surface area contributed by atoms with Gasteiger partial charge in [0.15, 0.2) is 0 Å². The fourth-order valence-corrected chi connectivity index (χ4v) is 3.50.